The predicted octanol–water partition coefficient (Wildman–Crippen LogP) is 3.38. The van der Waals surface area contributed by atoms with Crippen LogP contribution in [0, 0.1) is 0 Å². The molecule has 0 saturated heterocycles. The molecule has 1 N–H and O–H groups in total. The van der Waals surface area contributed by atoms with E-state index < -0.39 is 5.97 Å². The Labute approximate surface area is 182 Å². The van der Waals surface area contributed by atoms with E-state index in [9.17, 15) is 9.59 Å². The largest absolute Gasteiger partial charge is 0.493 e. The summed E-state index contributed by atoms with van der Waals surface area (Å²) in [4.78, 5) is 24.5. The molecule has 0 aliphatic heterocycles. The van der Waals surface area contributed by atoms with Crippen molar-refractivity contribution in [3.8, 4) is 17.2 Å². The number of carbonyl (C=O) groups excluding carboxylic acids is 2. The van der Waals surface area contributed by atoms with Crippen LogP contribution in [0.25, 0.3) is 0 Å². The Morgan fingerprint density at radius 2 is 1.74 bits per heavy atom. The molecule has 1 amide bonds. The SMILES string of the molecule is COc1cc(CCC(=O)OCC(=O)N[C@@H]2CCCc3ccccc32)cc(OC)c1OC. The van der Waals surface area contributed by atoms with E-state index in [0.29, 0.717) is 23.7 Å². The van der Waals surface area contributed by atoms with Gasteiger partial charge in [0.1, 0.15) is 0 Å². The van der Waals surface area contributed by atoms with Gasteiger partial charge in [-0.05, 0) is 54.5 Å². The van der Waals surface area contributed by atoms with Gasteiger partial charge in [-0.1, -0.05) is 24.3 Å². The zero-order valence-corrected chi connectivity index (χ0v) is 18.2. The number of nitrogens with one attached hydrogen (secondary N) is 1. The molecule has 0 heterocycles. The molecule has 7 nitrogen and oxygen atoms in total. The molecular formula is C24H29NO6. The summed E-state index contributed by atoms with van der Waals surface area (Å²) in [6.07, 6.45) is 3.50. The van der Waals surface area contributed by atoms with Gasteiger partial charge in [0.05, 0.1) is 27.4 Å². The molecule has 0 radical (unpaired) electrons. The maximum Gasteiger partial charge on any atom is 0.306 e. The Kier molecular flexibility index (Phi) is 7.76. The van der Waals surface area contributed by atoms with Crippen LogP contribution < -0.4 is 19.5 Å². The lowest BCUT2D eigenvalue weighted by Crippen LogP contribution is -2.34. The minimum atomic E-state index is -0.437. The third kappa shape index (κ3) is 5.69. The van der Waals surface area contributed by atoms with Gasteiger partial charge >= 0.3 is 5.97 Å². The number of fused-ring (bicyclic) bond motifs is 1. The molecule has 0 unspecified atom stereocenters. The average Bonchev–Trinajstić information content (AvgIpc) is 2.80. The highest BCUT2D eigenvalue weighted by atomic mass is 16.5. The fourth-order valence-electron chi connectivity index (χ4n) is 3.88. The van der Waals surface area contributed by atoms with E-state index in [0.717, 1.165) is 30.4 Å². The number of rotatable bonds is 9. The van der Waals surface area contributed by atoms with Crippen molar-refractivity contribution in [1.82, 2.24) is 5.32 Å². The Bertz CT molecular complexity index is 901. The van der Waals surface area contributed by atoms with Crippen LogP contribution >= 0.6 is 0 Å². The molecule has 0 saturated carbocycles. The summed E-state index contributed by atoms with van der Waals surface area (Å²) in [6.45, 7) is -0.285. The average molecular weight is 427 g/mol. The van der Waals surface area contributed by atoms with Crippen molar-refractivity contribution in [2.45, 2.75) is 38.1 Å². The minimum Gasteiger partial charge on any atom is -0.493 e. The van der Waals surface area contributed by atoms with Crippen molar-refractivity contribution >= 4 is 11.9 Å². The topological polar surface area (TPSA) is 83.1 Å². The summed E-state index contributed by atoms with van der Waals surface area (Å²) in [5.74, 6) is 0.822. The monoisotopic (exact) mass is 427 g/mol. The van der Waals surface area contributed by atoms with E-state index in [1.807, 2.05) is 18.2 Å². The number of benzene rings is 2. The molecule has 0 aromatic heterocycles. The van der Waals surface area contributed by atoms with E-state index in [1.165, 1.54) is 12.7 Å². The molecular weight excluding hydrogens is 398 g/mol. The van der Waals surface area contributed by atoms with Crippen LogP contribution in [0.3, 0.4) is 0 Å². The van der Waals surface area contributed by atoms with Gasteiger partial charge in [0.25, 0.3) is 5.91 Å². The minimum absolute atomic E-state index is 0.0321. The van der Waals surface area contributed by atoms with Gasteiger partial charge < -0.3 is 24.3 Å². The predicted molar refractivity (Wildman–Crippen MR) is 116 cm³/mol. The van der Waals surface area contributed by atoms with Gasteiger partial charge in [0.15, 0.2) is 18.1 Å². The summed E-state index contributed by atoms with van der Waals surface area (Å²) in [5.41, 5.74) is 3.26. The first kappa shape index (κ1) is 22.5. The molecule has 2 aromatic carbocycles. The molecule has 1 aliphatic carbocycles. The molecule has 3 rings (SSSR count). The van der Waals surface area contributed by atoms with Crippen LogP contribution in [0.15, 0.2) is 36.4 Å². The normalized spacial score (nSPS) is 14.9. The molecule has 1 atom stereocenters. The van der Waals surface area contributed by atoms with E-state index >= 15 is 0 Å². The number of amides is 1. The number of esters is 1. The lowest BCUT2D eigenvalue weighted by molar-refractivity contribution is -0.148. The van der Waals surface area contributed by atoms with Crippen LogP contribution in [0.1, 0.15) is 42.0 Å². The number of hydrogen-bond donors (Lipinski definition) is 1. The van der Waals surface area contributed by atoms with E-state index in [4.69, 9.17) is 18.9 Å². The molecule has 166 valence electrons. The lowest BCUT2D eigenvalue weighted by atomic mass is 9.88. The van der Waals surface area contributed by atoms with Gasteiger partial charge in [-0.15, -0.1) is 0 Å². The highest BCUT2D eigenvalue weighted by molar-refractivity contribution is 5.81. The quantitative estimate of drug-likeness (QED) is 0.618. The Morgan fingerprint density at radius 3 is 2.42 bits per heavy atom. The number of aryl methyl sites for hydroxylation is 2. The first-order valence-corrected chi connectivity index (χ1v) is 10.4. The van der Waals surface area contributed by atoms with Gasteiger partial charge in [-0.25, -0.2) is 0 Å². The Balaban J connectivity index is 1.49. The number of ether oxygens (including phenoxy) is 4. The van der Waals surface area contributed by atoms with Crippen LogP contribution in [0.2, 0.25) is 0 Å². The lowest BCUT2D eigenvalue weighted by Gasteiger charge is -2.26. The number of carbonyl (C=O) groups is 2. The van der Waals surface area contributed by atoms with Crippen molar-refractivity contribution in [2.24, 2.45) is 0 Å². The second-order valence-corrected chi connectivity index (χ2v) is 7.41. The fourth-order valence-corrected chi connectivity index (χ4v) is 3.88. The number of methoxy groups -OCH3 is 3. The van der Waals surface area contributed by atoms with Crippen molar-refractivity contribution in [3.63, 3.8) is 0 Å². The summed E-state index contributed by atoms with van der Waals surface area (Å²) in [5, 5.41) is 2.98. The fraction of sp³-hybridized carbons (Fsp3) is 0.417. The first-order chi connectivity index (χ1) is 15.0. The zero-order valence-electron chi connectivity index (χ0n) is 18.2. The van der Waals surface area contributed by atoms with Gasteiger partial charge in [-0.3, -0.25) is 9.59 Å². The first-order valence-electron chi connectivity index (χ1n) is 10.4. The second kappa shape index (κ2) is 10.7. The smallest absolute Gasteiger partial charge is 0.306 e. The van der Waals surface area contributed by atoms with Gasteiger partial charge in [0.2, 0.25) is 5.75 Å². The highest BCUT2D eigenvalue weighted by Crippen LogP contribution is 2.38. The number of hydrogen-bond acceptors (Lipinski definition) is 6. The summed E-state index contributed by atoms with van der Waals surface area (Å²) >= 11 is 0. The molecule has 1 aliphatic rings. The zero-order chi connectivity index (χ0) is 22.2. The van der Waals surface area contributed by atoms with Crippen molar-refractivity contribution in [3.05, 3.63) is 53.1 Å². The molecule has 0 fully saturated rings. The molecule has 2 aromatic rings. The maximum atomic E-state index is 12.3. The van der Waals surface area contributed by atoms with Crippen molar-refractivity contribution in [1.29, 1.82) is 0 Å². The summed E-state index contributed by atoms with van der Waals surface area (Å²) in [6, 6.07) is 11.7. The third-order valence-electron chi connectivity index (χ3n) is 5.41. The van der Waals surface area contributed by atoms with Crippen molar-refractivity contribution < 1.29 is 28.5 Å². The van der Waals surface area contributed by atoms with Gasteiger partial charge in [-0.2, -0.15) is 0 Å². The third-order valence-corrected chi connectivity index (χ3v) is 5.41. The highest BCUT2D eigenvalue weighted by Gasteiger charge is 2.22. The molecule has 0 spiro atoms. The summed E-state index contributed by atoms with van der Waals surface area (Å²) < 4.78 is 21.1. The maximum absolute atomic E-state index is 12.3. The standard InChI is InChI=1S/C24H29NO6/c1-28-20-13-16(14-21(29-2)24(20)30-3)11-12-23(27)31-15-22(26)25-19-10-6-8-17-7-4-5-9-18(17)19/h4-5,7,9,13-14,19H,6,8,10-12,15H2,1-3H3,(H,25,26)/t19-/m1/s1. The van der Waals surface area contributed by atoms with E-state index in [1.54, 1.807) is 26.4 Å². The second-order valence-electron chi connectivity index (χ2n) is 7.41. The van der Waals surface area contributed by atoms with Crippen LogP contribution in [-0.2, 0) is 27.2 Å². The summed E-state index contributed by atoms with van der Waals surface area (Å²) in [7, 11) is 4.62. The van der Waals surface area contributed by atoms with Crippen LogP contribution in [-0.4, -0.2) is 39.8 Å². The van der Waals surface area contributed by atoms with Crippen LogP contribution in [0.4, 0.5) is 0 Å². The van der Waals surface area contributed by atoms with E-state index in [-0.39, 0.29) is 25.0 Å². The Morgan fingerprint density at radius 1 is 1.03 bits per heavy atom. The van der Waals surface area contributed by atoms with Crippen molar-refractivity contribution in [2.75, 3.05) is 27.9 Å². The molecule has 7 heteroatoms. The molecule has 31 heavy (non-hydrogen) atoms. The molecule has 0 bridgehead atoms. The van der Waals surface area contributed by atoms with Crippen LogP contribution in [0.5, 0.6) is 17.2 Å². The van der Waals surface area contributed by atoms with E-state index in [2.05, 4.69) is 11.4 Å². The van der Waals surface area contributed by atoms with Gasteiger partial charge in [0, 0.05) is 6.42 Å². The Hall–Kier alpha value is -3.22.